The van der Waals surface area contributed by atoms with Crippen LogP contribution in [-0.2, 0) is 9.59 Å². The highest BCUT2D eigenvalue weighted by atomic mass is 127. The Balaban J connectivity index is 1.97. The van der Waals surface area contributed by atoms with Crippen molar-refractivity contribution in [3.05, 3.63) is 51.1 Å². The number of ether oxygens (including phenoxy) is 2. The molecular weight excluding hydrogens is 451 g/mol. The number of aromatic hydroxyl groups is 1. The molecule has 1 aliphatic rings. The van der Waals surface area contributed by atoms with Gasteiger partial charge in [0.1, 0.15) is 5.57 Å². The number of benzene rings is 2. The van der Waals surface area contributed by atoms with Crippen LogP contribution in [0.1, 0.15) is 5.56 Å². The van der Waals surface area contributed by atoms with Crippen LogP contribution in [0.2, 0.25) is 0 Å². The van der Waals surface area contributed by atoms with Crippen LogP contribution in [0.5, 0.6) is 17.2 Å². The first-order chi connectivity index (χ1) is 12.4. The number of carbonyl (C=O) groups is 2. The van der Waals surface area contributed by atoms with Crippen molar-refractivity contribution in [2.24, 2.45) is 0 Å². The zero-order valence-electron chi connectivity index (χ0n) is 13.9. The number of phenols is 1. The van der Waals surface area contributed by atoms with E-state index in [-0.39, 0.29) is 22.8 Å². The van der Waals surface area contributed by atoms with E-state index in [0.29, 0.717) is 11.3 Å². The molecule has 1 heterocycles. The van der Waals surface area contributed by atoms with Crippen molar-refractivity contribution in [1.82, 2.24) is 5.43 Å². The minimum atomic E-state index is -0.514. The Morgan fingerprint density at radius 3 is 2.19 bits per heavy atom. The fourth-order valence-electron chi connectivity index (χ4n) is 2.49. The third-order valence-corrected chi connectivity index (χ3v) is 4.51. The summed E-state index contributed by atoms with van der Waals surface area (Å²) in [6, 6.07) is 10.2. The van der Waals surface area contributed by atoms with Crippen molar-refractivity contribution in [3.63, 3.8) is 0 Å². The smallest absolute Gasteiger partial charge is 0.282 e. The molecule has 0 unspecified atom stereocenters. The lowest BCUT2D eigenvalue weighted by Crippen LogP contribution is -2.35. The Morgan fingerprint density at radius 1 is 1.08 bits per heavy atom. The summed E-state index contributed by atoms with van der Waals surface area (Å²) in [6.45, 7) is 0. The molecule has 134 valence electrons. The highest BCUT2D eigenvalue weighted by molar-refractivity contribution is 14.1. The number of hydrogen-bond donors (Lipinski definition) is 2. The van der Waals surface area contributed by atoms with E-state index in [9.17, 15) is 14.7 Å². The maximum absolute atomic E-state index is 12.6. The topological polar surface area (TPSA) is 88.1 Å². The number of nitrogens with zero attached hydrogens (tertiary/aromatic N) is 1. The SMILES string of the molecule is COc1cc(/C=C2\C(=O)NN(c3ccc(I)cc3)C2=O)cc(OC)c1O. The Bertz CT molecular complexity index is 883. The molecular formula is C18H15IN2O5. The largest absolute Gasteiger partial charge is 0.502 e. The van der Waals surface area contributed by atoms with Crippen molar-refractivity contribution in [2.45, 2.75) is 0 Å². The summed E-state index contributed by atoms with van der Waals surface area (Å²) < 4.78 is 11.2. The predicted molar refractivity (Wildman–Crippen MR) is 104 cm³/mol. The Morgan fingerprint density at radius 2 is 1.65 bits per heavy atom. The average Bonchev–Trinajstić information content (AvgIpc) is 2.91. The Hall–Kier alpha value is -2.75. The van der Waals surface area contributed by atoms with Gasteiger partial charge in [-0.3, -0.25) is 15.0 Å². The standard InChI is InChI=1S/C18H15IN2O5/c1-25-14-8-10(9-15(26-2)16(14)22)7-13-17(23)20-21(18(13)24)12-5-3-11(19)4-6-12/h3-9,22H,1-2H3,(H,20,23)/b13-7+. The van der Waals surface area contributed by atoms with E-state index in [1.54, 1.807) is 12.1 Å². The van der Waals surface area contributed by atoms with Gasteiger partial charge in [0.15, 0.2) is 11.5 Å². The second-order valence-corrected chi connectivity index (χ2v) is 6.64. The highest BCUT2D eigenvalue weighted by Gasteiger charge is 2.34. The maximum atomic E-state index is 12.6. The Labute approximate surface area is 163 Å². The molecule has 2 aromatic carbocycles. The molecule has 0 aliphatic carbocycles. The summed E-state index contributed by atoms with van der Waals surface area (Å²) in [7, 11) is 2.80. The van der Waals surface area contributed by atoms with Crippen molar-refractivity contribution < 1.29 is 24.2 Å². The number of carbonyl (C=O) groups excluding carboxylic acids is 2. The first kappa shape index (κ1) is 18.1. The number of anilines is 1. The summed E-state index contributed by atoms with van der Waals surface area (Å²) in [4.78, 5) is 24.9. The van der Waals surface area contributed by atoms with E-state index in [2.05, 4.69) is 28.0 Å². The van der Waals surface area contributed by atoms with Gasteiger partial charge in [-0.1, -0.05) is 0 Å². The number of hydrazine groups is 1. The molecule has 26 heavy (non-hydrogen) atoms. The molecule has 1 saturated heterocycles. The molecule has 2 aromatic rings. The van der Waals surface area contributed by atoms with Gasteiger partial charge in [0.2, 0.25) is 5.75 Å². The minimum absolute atomic E-state index is 0.0293. The quantitative estimate of drug-likeness (QED) is 0.411. The third-order valence-electron chi connectivity index (χ3n) is 3.79. The maximum Gasteiger partial charge on any atom is 0.282 e. The van der Waals surface area contributed by atoms with Crippen molar-refractivity contribution >= 4 is 46.2 Å². The molecule has 3 rings (SSSR count). The van der Waals surface area contributed by atoms with Gasteiger partial charge in [0.25, 0.3) is 11.8 Å². The van der Waals surface area contributed by atoms with E-state index in [1.165, 1.54) is 37.4 Å². The van der Waals surface area contributed by atoms with E-state index in [0.717, 1.165) is 3.57 Å². The van der Waals surface area contributed by atoms with Gasteiger partial charge in [-0.2, -0.15) is 0 Å². The minimum Gasteiger partial charge on any atom is -0.502 e. The molecule has 1 aliphatic heterocycles. The Kier molecular flexibility index (Phi) is 5.03. The van der Waals surface area contributed by atoms with Crippen LogP contribution in [0, 0.1) is 3.57 Å². The van der Waals surface area contributed by atoms with Crippen molar-refractivity contribution in [2.75, 3.05) is 19.2 Å². The van der Waals surface area contributed by atoms with Crippen molar-refractivity contribution in [1.29, 1.82) is 0 Å². The average molecular weight is 466 g/mol. The van der Waals surface area contributed by atoms with E-state index < -0.39 is 11.8 Å². The second-order valence-electron chi connectivity index (χ2n) is 5.39. The number of amides is 2. The second kappa shape index (κ2) is 7.24. The van der Waals surface area contributed by atoms with E-state index in [4.69, 9.17) is 9.47 Å². The lowest BCUT2D eigenvalue weighted by atomic mass is 10.1. The van der Waals surface area contributed by atoms with Crippen molar-refractivity contribution in [3.8, 4) is 17.2 Å². The molecule has 0 atom stereocenters. The lowest BCUT2D eigenvalue weighted by Gasteiger charge is -2.14. The van der Waals surface area contributed by atoms with Crippen LogP contribution in [0.15, 0.2) is 42.0 Å². The predicted octanol–water partition coefficient (Wildman–Crippen LogP) is 2.48. The number of nitrogens with one attached hydrogen (secondary N) is 1. The van der Waals surface area contributed by atoms with Crippen LogP contribution in [-0.4, -0.2) is 31.1 Å². The number of methoxy groups -OCH3 is 2. The number of halogens is 1. The van der Waals surface area contributed by atoms with Gasteiger partial charge in [0.05, 0.1) is 19.9 Å². The molecule has 0 radical (unpaired) electrons. The van der Waals surface area contributed by atoms with Crippen LogP contribution < -0.4 is 19.9 Å². The molecule has 0 saturated carbocycles. The van der Waals surface area contributed by atoms with Crippen LogP contribution >= 0.6 is 22.6 Å². The summed E-state index contributed by atoms with van der Waals surface area (Å²) in [6.07, 6.45) is 1.43. The molecule has 8 heteroatoms. The van der Waals surface area contributed by atoms with Crippen LogP contribution in [0.4, 0.5) is 5.69 Å². The summed E-state index contributed by atoms with van der Waals surface area (Å²) >= 11 is 2.16. The lowest BCUT2D eigenvalue weighted by molar-refractivity contribution is -0.117. The first-order valence-electron chi connectivity index (χ1n) is 7.52. The zero-order valence-corrected chi connectivity index (χ0v) is 16.1. The number of hydrogen-bond acceptors (Lipinski definition) is 5. The van der Waals surface area contributed by atoms with Crippen LogP contribution in [0.3, 0.4) is 0 Å². The number of phenolic OH excluding ortho intramolecular Hbond substituents is 1. The molecule has 2 N–H and O–H groups in total. The molecule has 7 nitrogen and oxygen atoms in total. The van der Waals surface area contributed by atoms with Gasteiger partial charge in [0, 0.05) is 3.57 Å². The molecule has 0 aromatic heterocycles. The third kappa shape index (κ3) is 3.32. The van der Waals surface area contributed by atoms with Gasteiger partial charge in [-0.15, -0.1) is 0 Å². The monoisotopic (exact) mass is 466 g/mol. The van der Waals surface area contributed by atoms with Crippen LogP contribution in [0.25, 0.3) is 6.08 Å². The highest BCUT2D eigenvalue weighted by Crippen LogP contribution is 2.38. The number of rotatable bonds is 4. The van der Waals surface area contributed by atoms with Gasteiger partial charge >= 0.3 is 0 Å². The summed E-state index contributed by atoms with van der Waals surface area (Å²) in [5, 5.41) is 11.2. The first-order valence-corrected chi connectivity index (χ1v) is 8.60. The molecule has 1 fully saturated rings. The van der Waals surface area contributed by atoms with Gasteiger partial charge < -0.3 is 14.6 Å². The fraction of sp³-hybridized carbons (Fsp3) is 0.111. The summed E-state index contributed by atoms with van der Waals surface area (Å²) in [5.74, 6) is -0.783. The normalized spacial score (nSPS) is 15.3. The van der Waals surface area contributed by atoms with E-state index in [1.807, 2.05) is 12.1 Å². The molecule has 0 bridgehead atoms. The fourth-order valence-corrected chi connectivity index (χ4v) is 2.85. The van der Waals surface area contributed by atoms with Gasteiger partial charge in [-0.05, 0) is 70.6 Å². The zero-order chi connectivity index (χ0) is 18.8. The molecule has 2 amide bonds. The van der Waals surface area contributed by atoms with Gasteiger partial charge in [-0.25, -0.2) is 5.01 Å². The summed E-state index contributed by atoms with van der Waals surface area (Å²) in [5.41, 5.74) is 3.56. The van der Waals surface area contributed by atoms with E-state index >= 15 is 0 Å². The molecule has 0 spiro atoms.